The minimum Gasteiger partial charge on any atom is -0.396 e. The van der Waals surface area contributed by atoms with Crippen LogP contribution in [0.2, 0.25) is 0 Å². The van der Waals surface area contributed by atoms with Crippen molar-refractivity contribution in [3.8, 4) is 0 Å². The molecule has 0 saturated heterocycles. The van der Waals surface area contributed by atoms with Crippen molar-refractivity contribution in [1.29, 1.82) is 0 Å². The van der Waals surface area contributed by atoms with E-state index in [0.717, 1.165) is 12.3 Å². The number of allylic oxidation sites excluding steroid dienone is 3. The Bertz CT molecular complexity index is 278. The molecule has 0 aromatic carbocycles. The molecule has 0 heterocycles. The summed E-state index contributed by atoms with van der Waals surface area (Å²) in [6, 6.07) is 0. The molecule has 0 saturated carbocycles. The number of hydrogen-bond acceptors (Lipinski definition) is 1. The summed E-state index contributed by atoms with van der Waals surface area (Å²) in [5.74, 6) is 0.809. The first-order valence-corrected chi connectivity index (χ1v) is 6.44. The first kappa shape index (κ1) is 13.5. The fourth-order valence-electron chi connectivity index (χ4n) is 2.52. The molecular weight excluding hydrogens is 196 g/mol. The summed E-state index contributed by atoms with van der Waals surface area (Å²) < 4.78 is 0. The van der Waals surface area contributed by atoms with Gasteiger partial charge in [0.05, 0.1) is 0 Å². The number of aliphatic hydroxyl groups excluding tert-OH is 1. The number of aliphatic hydroxyl groups is 1. The van der Waals surface area contributed by atoms with Crippen molar-refractivity contribution < 1.29 is 5.11 Å². The maximum atomic E-state index is 9.01. The smallest absolute Gasteiger partial charge is 0.0471 e. The van der Waals surface area contributed by atoms with Gasteiger partial charge < -0.3 is 5.11 Å². The molecule has 1 heteroatoms. The first-order valence-electron chi connectivity index (χ1n) is 6.44. The highest BCUT2D eigenvalue weighted by molar-refractivity contribution is 5.32. The summed E-state index contributed by atoms with van der Waals surface area (Å²) in [5.41, 5.74) is 3.24. The molecule has 16 heavy (non-hydrogen) atoms. The van der Waals surface area contributed by atoms with Crippen molar-refractivity contribution in [2.24, 2.45) is 11.3 Å². The predicted octanol–water partition coefficient (Wildman–Crippen LogP) is 4.09. The maximum absolute atomic E-state index is 9.01. The summed E-state index contributed by atoms with van der Waals surface area (Å²) in [6.45, 7) is 9.34. The van der Waals surface area contributed by atoms with Gasteiger partial charge in [0.1, 0.15) is 0 Å². The van der Waals surface area contributed by atoms with Crippen molar-refractivity contribution in [2.45, 2.75) is 53.4 Å². The van der Waals surface area contributed by atoms with E-state index in [2.05, 4.69) is 39.8 Å². The van der Waals surface area contributed by atoms with E-state index in [1.54, 1.807) is 0 Å². The zero-order valence-corrected chi connectivity index (χ0v) is 11.2. The van der Waals surface area contributed by atoms with Crippen LogP contribution in [0.3, 0.4) is 0 Å². The Balaban J connectivity index is 2.65. The van der Waals surface area contributed by atoms with E-state index < -0.39 is 0 Å². The molecular formula is C15H26O. The van der Waals surface area contributed by atoms with Gasteiger partial charge in [-0.15, -0.1) is 0 Å². The molecule has 0 fully saturated rings. The Morgan fingerprint density at radius 1 is 1.50 bits per heavy atom. The molecule has 0 spiro atoms. The summed E-state index contributed by atoms with van der Waals surface area (Å²) in [4.78, 5) is 0. The zero-order valence-electron chi connectivity index (χ0n) is 11.2. The Hall–Kier alpha value is -0.560. The highest BCUT2D eigenvalue weighted by Gasteiger charge is 2.26. The summed E-state index contributed by atoms with van der Waals surface area (Å²) in [6.07, 6.45) is 9.02. The largest absolute Gasteiger partial charge is 0.396 e. The fraction of sp³-hybridized carbons (Fsp3) is 0.733. The van der Waals surface area contributed by atoms with E-state index in [0.29, 0.717) is 5.41 Å². The Kier molecular flexibility index (Phi) is 4.79. The molecule has 0 bridgehead atoms. The van der Waals surface area contributed by atoms with Crippen molar-refractivity contribution in [1.82, 2.24) is 0 Å². The SMILES string of the molecule is C/C=C(/CCO)C1=CCC(C(C)(C)C)CC1. The van der Waals surface area contributed by atoms with Crippen LogP contribution in [-0.2, 0) is 0 Å². The van der Waals surface area contributed by atoms with Gasteiger partial charge in [0, 0.05) is 6.61 Å². The van der Waals surface area contributed by atoms with Crippen LogP contribution >= 0.6 is 0 Å². The molecule has 0 amide bonds. The van der Waals surface area contributed by atoms with Gasteiger partial charge in [-0.3, -0.25) is 0 Å². The van der Waals surface area contributed by atoms with Crippen LogP contribution in [0.4, 0.5) is 0 Å². The molecule has 0 aromatic rings. The average molecular weight is 222 g/mol. The molecule has 92 valence electrons. The molecule has 1 unspecified atom stereocenters. The standard InChI is InChI=1S/C15H26O/c1-5-12(10-11-16)13-6-8-14(9-7-13)15(2,3)4/h5-6,14,16H,7-11H2,1-4H3/b12-5-. The van der Waals surface area contributed by atoms with Crippen LogP contribution in [0, 0.1) is 11.3 Å². The van der Waals surface area contributed by atoms with E-state index >= 15 is 0 Å². The van der Waals surface area contributed by atoms with Gasteiger partial charge in [-0.2, -0.15) is 0 Å². The van der Waals surface area contributed by atoms with E-state index in [9.17, 15) is 0 Å². The van der Waals surface area contributed by atoms with Gasteiger partial charge in [0.25, 0.3) is 0 Å². The molecule has 0 aromatic heterocycles. The van der Waals surface area contributed by atoms with Gasteiger partial charge >= 0.3 is 0 Å². The molecule has 1 aliphatic rings. The summed E-state index contributed by atoms with van der Waals surface area (Å²) in [7, 11) is 0. The number of rotatable bonds is 3. The third-order valence-corrected chi connectivity index (χ3v) is 3.78. The summed E-state index contributed by atoms with van der Waals surface area (Å²) >= 11 is 0. The average Bonchev–Trinajstić information content (AvgIpc) is 2.25. The van der Waals surface area contributed by atoms with Crippen LogP contribution < -0.4 is 0 Å². The Morgan fingerprint density at radius 2 is 2.19 bits per heavy atom. The van der Waals surface area contributed by atoms with E-state index in [1.807, 2.05) is 0 Å². The van der Waals surface area contributed by atoms with E-state index in [1.165, 1.54) is 30.4 Å². The molecule has 0 aliphatic heterocycles. The lowest BCUT2D eigenvalue weighted by Crippen LogP contribution is -2.22. The van der Waals surface area contributed by atoms with Crippen LogP contribution in [0.1, 0.15) is 53.4 Å². The number of hydrogen-bond donors (Lipinski definition) is 1. The van der Waals surface area contributed by atoms with Crippen molar-refractivity contribution in [3.05, 3.63) is 23.3 Å². The second kappa shape index (κ2) is 5.67. The van der Waals surface area contributed by atoms with Crippen LogP contribution in [-0.4, -0.2) is 11.7 Å². The fourth-order valence-corrected chi connectivity index (χ4v) is 2.52. The second-order valence-corrected chi connectivity index (χ2v) is 5.85. The van der Waals surface area contributed by atoms with E-state index in [4.69, 9.17) is 5.11 Å². The zero-order chi connectivity index (χ0) is 12.2. The minimum atomic E-state index is 0.264. The van der Waals surface area contributed by atoms with E-state index in [-0.39, 0.29) is 6.61 Å². The predicted molar refractivity (Wildman–Crippen MR) is 70.3 cm³/mol. The monoisotopic (exact) mass is 222 g/mol. The molecule has 1 rings (SSSR count). The quantitative estimate of drug-likeness (QED) is 0.762. The van der Waals surface area contributed by atoms with Gasteiger partial charge in [-0.05, 0) is 55.1 Å². The Labute approximate surface area is 100 Å². The third kappa shape index (κ3) is 3.48. The highest BCUT2D eigenvalue weighted by atomic mass is 16.2. The normalized spacial score (nSPS) is 23.2. The van der Waals surface area contributed by atoms with Gasteiger partial charge in [-0.1, -0.05) is 32.9 Å². The Morgan fingerprint density at radius 3 is 2.56 bits per heavy atom. The topological polar surface area (TPSA) is 20.2 Å². The van der Waals surface area contributed by atoms with Crippen LogP contribution in [0.25, 0.3) is 0 Å². The van der Waals surface area contributed by atoms with Gasteiger partial charge in [-0.25, -0.2) is 0 Å². The van der Waals surface area contributed by atoms with Crippen molar-refractivity contribution in [3.63, 3.8) is 0 Å². The van der Waals surface area contributed by atoms with Crippen molar-refractivity contribution in [2.75, 3.05) is 6.61 Å². The van der Waals surface area contributed by atoms with Crippen LogP contribution in [0.15, 0.2) is 23.3 Å². The molecule has 1 aliphatic carbocycles. The highest BCUT2D eigenvalue weighted by Crippen LogP contribution is 2.38. The lowest BCUT2D eigenvalue weighted by molar-refractivity contribution is 0.221. The first-order chi connectivity index (χ1) is 7.49. The minimum absolute atomic E-state index is 0.264. The lowest BCUT2D eigenvalue weighted by atomic mass is 9.72. The molecule has 1 nitrogen and oxygen atoms in total. The van der Waals surface area contributed by atoms with Gasteiger partial charge in [0.2, 0.25) is 0 Å². The summed E-state index contributed by atoms with van der Waals surface area (Å²) in [5, 5.41) is 9.01. The molecule has 0 radical (unpaired) electrons. The van der Waals surface area contributed by atoms with Gasteiger partial charge in [0.15, 0.2) is 0 Å². The van der Waals surface area contributed by atoms with Crippen LogP contribution in [0.5, 0.6) is 0 Å². The maximum Gasteiger partial charge on any atom is 0.0471 e. The second-order valence-electron chi connectivity index (χ2n) is 5.85. The lowest BCUT2D eigenvalue weighted by Gasteiger charge is -2.33. The molecule has 1 atom stereocenters. The molecule has 1 N–H and O–H groups in total. The van der Waals surface area contributed by atoms with Crippen molar-refractivity contribution >= 4 is 0 Å². The third-order valence-electron chi connectivity index (χ3n) is 3.78.